The van der Waals surface area contributed by atoms with Crippen molar-refractivity contribution in [1.82, 2.24) is 5.16 Å². The van der Waals surface area contributed by atoms with Crippen molar-refractivity contribution in [1.29, 1.82) is 0 Å². The van der Waals surface area contributed by atoms with Crippen LogP contribution in [0.15, 0.2) is 4.52 Å². The Morgan fingerprint density at radius 3 is 2.75 bits per heavy atom. The molecule has 0 unspecified atom stereocenters. The summed E-state index contributed by atoms with van der Waals surface area (Å²) >= 11 is 3.05. The van der Waals surface area contributed by atoms with Crippen molar-refractivity contribution in [3.8, 4) is 0 Å². The summed E-state index contributed by atoms with van der Waals surface area (Å²) in [7, 11) is 0. The second kappa shape index (κ2) is 3.71. The van der Waals surface area contributed by atoms with Gasteiger partial charge in [-0.1, -0.05) is 21.1 Å². The molecule has 1 N–H and O–H groups in total. The molecule has 0 bridgehead atoms. The van der Waals surface area contributed by atoms with E-state index in [0.717, 1.165) is 0 Å². The van der Waals surface area contributed by atoms with Gasteiger partial charge in [-0.05, 0) is 13.8 Å². The predicted molar refractivity (Wildman–Crippen MR) is 48.4 cm³/mol. The van der Waals surface area contributed by atoms with Crippen LogP contribution in [0.1, 0.15) is 11.5 Å². The maximum atomic E-state index is 11.0. The number of nitrogens with one attached hydrogen (secondary N) is 1. The fourth-order valence-corrected chi connectivity index (χ4v) is 0.974. The van der Waals surface area contributed by atoms with Crippen LogP contribution in [-0.2, 0) is 4.79 Å². The van der Waals surface area contributed by atoms with E-state index in [1.165, 1.54) is 0 Å². The molecule has 66 valence electrons. The van der Waals surface area contributed by atoms with E-state index in [0.29, 0.717) is 17.1 Å². The Hall–Kier alpha value is -0.840. The highest BCUT2D eigenvalue weighted by Gasteiger charge is 2.10. The van der Waals surface area contributed by atoms with E-state index in [9.17, 15) is 4.79 Å². The lowest BCUT2D eigenvalue weighted by Crippen LogP contribution is -2.13. The minimum Gasteiger partial charge on any atom is -0.359 e. The van der Waals surface area contributed by atoms with Crippen molar-refractivity contribution in [2.45, 2.75) is 13.8 Å². The van der Waals surface area contributed by atoms with Gasteiger partial charge in [0.05, 0.1) is 5.33 Å². The summed E-state index contributed by atoms with van der Waals surface area (Å²) in [6, 6.07) is 0. The quantitative estimate of drug-likeness (QED) is 0.789. The van der Waals surface area contributed by atoms with Gasteiger partial charge in [-0.3, -0.25) is 4.79 Å². The van der Waals surface area contributed by atoms with Crippen LogP contribution in [0.5, 0.6) is 0 Å². The zero-order valence-electron chi connectivity index (χ0n) is 6.85. The molecule has 0 fully saturated rings. The van der Waals surface area contributed by atoms with Gasteiger partial charge in [0.25, 0.3) is 0 Å². The number of hydrogen-bond donors (Lipinski definition) is 1. The third kappa shape index (κ3) is 1.85. The van der Waals surface area contributed by atoms with Gasteiger partial charge in [-0.15, -0.1) is 0 Å². The molecule has 1 rings (SSSR count). The number of aromatic nitrogens is 1. The average molecular weight is 233 g/mol. The highest BCUT2D eigenvalue weighted by molar-refractivity contribution is 9.09. The van der Waals surface area contributed by atoms with Crippen LogP contribution in [0.3, 0.4) is 0 Å². The SMILES string of the molecule is Cc1noc(C)c1NC(=O)CBr. The second-order valence-electron chi connectivity index (χ2n) is 2.38. The van der Waals surface area contributed by atoms with Gasteiger partial charge < -0.3 is 9.84 Å². The molecule has 0 saturated heterocycles. The van der Waals surface area contributed by atoms with E-state index >= 15 is 0 Å². The van der Waals surface area contributed by atoms with E-state index in [1.807, 2.05) is 0 Å². The standard InChI is InChI=1S/C7H9BrN2O2/c1-4-7(5(2)12-10-4)9-6(11)3-8/h3H2,1-2H3,(H,9,11). The first kappa shape index (κ1) is 9.25. The van der Waals surface area contributed by atoms with Gasteiger partial charge in [0, 0.05) is 0 Å². The predicted octanol–water partition coefficient (Wildman–Crippen LogP) is 1.62. The monoisotopic (exact) mass is 232 g/mol. The topological polar surface area (TPSA) is 55.1 Å². The Bertz CT molecular complexity index is 276. The molecule has 5 heteroatoms. The lowest BCUT2D eigenvalue weighted by atomic mass is 10.3. The van der Waals surface area contributed by atoms with Crippen molar-refractivity contribution in [2.24, 2.45) is 0 Å². The van der Waals surface area contributed by atoms with Gasteiger partial charge in [0.2, 0.25) is 5.91 Å². The summed E-state index contributed by atoms with van der Waals surface area (Å²) in [6.07, 6.45) is 0. The fourth-order valence-electron chi connectivity index (χ4n) is 0.834. The molecule has 0 aromatic carbocycles. The Kier molecular flexibility index (Phi) is 2.86. The second-order valence-corrected chi connectivity index (χ2v) is 2.94. The molecule has 0 spiro atoms. The summed E-state index contributed by atoms with van der Waals surface area (Å²) in [6.45, 7) is 3.53. The molecule has 1 aromatic heterocycles. The summed E-state index contributed by atoms with van der Waals surface area (Å²) in [5, 5.41) is 6.64. The minimum atomic E-state index is -0.107. The number of alkyl halides is 1. The van der Waals surface area contributed by atoms with Crippen LogP contribution in [0, 0.1) is 13.8 Å². The van der Waals surface area contributed by atoms with Gasteiger partial charge in [-0.2, -0.15) is 0 Å². The molecular weight excluding hydrogens is 224 g/mol. The number of hydrogen-bond acceptors (Lipinski definition) is 3. The number of halogens is 1. The van der Waals surface area contributed by atoms with E-state index in [4.69, 9.17) is 4.52 Å². The Morgan fingerprint density at radius 2 is 2.33 bits per heavy atom. The fraction of sp³-hybridized carbons (Fsp3) is 0.429. The summed E-state index contributed by atoms with van der Waals surface area (Å²) in [5.74, 6) is 0.520. The lowest BCUT2D eigenvalue weighted by molar-refractivity contribution is -0.113. The minimum absolute atomic E-state index is 0.107. The molecule has 0 aliphatic rings. The highest BCUT2D eigenvalue weighted by atomic mass is 79.9. The largest absolute Gasteiger partial charge is 0.359 e. The molecule has 0 radical (unpaired) electrons. The molecule has 1 aromatic rings. The number of anilines is 1. The average Bonchev–Trinajstić information content (AvgIpc) is 2.35. The number of amides is 1. The van der Waals surface area contributed by atoms with Crippen LogP contribution in [0.25, 0.3) is 0 Å². The van der Waals surface area contributed by atoms with Crippen LogP contribution in [-0.4, -0.2) is 16.4 Å². The van der Waals surface area contributed by atoms with Crippen molar-refractivity contribution in [3.05, 3.63) is 11.5 Å². The van der Waals surface area contributed by atoms with Crippen molar-refractivity contribution in [3.63, 3.8) is 0 Å². The smallest absolute Gasteiger partial charge is 0.235 e. The Labute approximate surface area is 78.4 Å². The van der Waals surface area contributed by atoms with Crippen molar-refractivity contribution < 1.29 is 9.32 Å². The van der Waals surface area contributed by atoms with Crippen molar-refractivity contribution >= 4 is 27.5 Å². The van der Waals surface area contributed by atoms with Gasteiger partial charge in [0.1, 0.15) is 11.4 Å². The van der Waals surface area contributed by atoms with Gasteiger partial charge in [0.15, 0.2) is 5.76 Å². The number of aryl methyl sites for hydroxylation is 2. The molecule has 0 aliphatic carbocycles. The van der Waals surface area contributed by atoms with Gasteiger partial charge in [-0.25, -0.2) is 0 Å². The maximum Gasteiger partial charge on any atom is 0.235 e. The maximum absolute atomic E-state index is 11.0. The summed E-state index contributed by atoms with van der Waals surface area (Å²) in [4.78, 5) is 11.0. The van der Waals surface area contributed by atoms with Gasteiger partial charge >= 0.3 is 0 Å². The molecule has 0 aliphatic heterocycles. The zero-order valence-corrected chi connectivity index (χ0v) is 8.43. The molecule has 1 amide bonds. The highest BCUT2D eigenvalue weighted by Crippen LogP contribution is 2.18. The van der Waals surface area contributed by atoms with Crippen LogP contribution >= 0.6 is 15.9 Å². The van der Waals surface area contributed by atoms with E-state index in [1.54, 1.807) is 13.8 Å². The molecule has 4 nitrogen and oxygen atoms in total. The first-order valence-electron chi connectivity index (χ1n) is 3.44. The van der Waals surface area contributed by atoms with E-state index < -0.39 is 0 Å². The Balaban J connectivity index is 2.80. The molecule has 12 heavy (non-hydrogen) atoms. The summed E-state index contributed by atoms with van der Waals surface area (Å²) < 4.78 is 4.86. The molecule has 0 atom stereocenters. The summed E-state index contributed by atoms with van der Waals surface area (Å²) in [5.41, 5.74) is 1.36. The first-order chi connectivity index (χ1) is 5.65. The lowest BCUT2D eigenvalue weighted by Gasteiger charge is -1.99. The molecular formula is C7H9BrN2O2. The van der Waals surface area contributed by atoms with Crippen LogP contribution in [0.2, 0.25) is 0 Å². The third-order valence-electron chi connectivity index (χ3n) is 1.42. The number of carbonyl (C=O) groups excluding carboxylic acids is 1. The van der Waals surface area contributed by atoms with E-state index in [-0.39, 0.29) is 11.2 Å². The molecule has 1 heterocycles. The van der Waals surface area contributed by atoms with Crippen LogP contribution < -0.4 is 5.32 Å². The number of rotatable bonds is 2. The molecule has 0 saturated carbocycles. The number of nitrogens with zero attached hydrogens (tertiary/aromatic N) is 1. The Morgan fingerprint density at radius 1 is 1.67 bits per heavy atom. The first-order valence-corrected chi connectivity index (χ1v) is 4.56. The third-order valence-corrected chi connectivity index (χ3v) is 1.93. The zero-order chi connectivity index (χ0) is 9.14. The van der Waals surface area contributed by atoms with E-state index in [2.05, 4.69) is 26.4 Å². The van der Waals surface area contributed by atoms with Crippen molar-refractivity contribution in [2.75, 3.05) is 10.6 Å². The number of carbonyl (C=O) groups is 1. The van der Waals surface area contributed by atoms with Crippen LogP contribution in [0.4, 0.5) is 5.69 Å². The normalized spacial score (nSPS) is 9.92.